The molecule has 1 aliphatic rings. The van der Waals surface area contributed by atoms with Gasteiger partial charge in [-0.2, -0.15) is 0 Å². The van der Waals surface area contributed by atoms with Crippen LogP contribution in [0, 0.1) is 0 Å². The average molecular weight is 319 g/mol. The van der Waals surface area contributed by atoms with Gasteiger partial charge in [-0.05, 0) is 30.9 Å². The number of para-hydroxylation sites is 1. The van der Waals surface area contributed by atoms with Crippen LogP contribution in [0.25, 0.3) is 0 Å². The van der Waals surface area contributed by atoms with E-state index in [0.717, 1.165) is 37.2 Å². The topological polar surface area (TPSA) is 70.7 Å². The number of nitrogens with zero attached hydrogens (tertiary/aromatic N) is 1. The molecule has 1 heterocycles. The highest BCUT2D eigenvalue weighted by atomic mass is 16.5. The maximum Gasteiger partial charge on any atom is 0.314 e. The molecule has 0 bridgehead atoms. The number of carbonyl (C=O) groups is 2. The lowest BCUT2D eigenvalue weighted by Crippen LogP contribution is -2.39. The summed E-state index contributed by atoms with van der Waals surface area (Å²) in [7, 11) is 1.64. The Bertz CT molecular complexity index is 528. The maximum absolute atomic E-state index is 11.8. The molecular weight excluding hydrogens is 294 g/mol. The highest BCUT2D eigenvalue weighted by Gasteiger charge is 2.17. The summed E-state index contributed by atoms with van der Waals surface area (Å²) >= 11 is 0. The van der Waals surface area contributed by atoms with E-state index in [2.05, 4.69) is 10.6 Å². The molecule has 1 aromatic rings. The smallest absolute Gasteiger partial charge is 0.314 e. The molecule has 23 heavy (non-hydrogen) atoms. The number of nitrogens with one attached hydrogen (secondary N) is 2. The summed E-state index contributed by atoms with van der Waals surface area (Å²) in [6.07, 6.45) is 3.23. The summed E-state index contributed by atoms with van der Waals surface area (Å²) in [6.45, 7) is 2.59. The second-order valence-corrected chi connectivity index (χ2v) is 5.58. The molecule has 0 unspecified atom stereocenters. The third-order valence-corrected chi connectivity index (χ3v) is 3.96. The molecule has 1 aromatic carbocycles. The minimum absolute atomic E-state index is 0.122. The minimum Gasteiger partial charge on any atom is -0.496 e. The highest BCUT2D eigenvalue weighted by molar-refractivity contribution is 5.78. The van der Waals surface area contributed by atoms with Crippen molar-refractivity contribution in [1.82, 2.24) is 15.5 Å². The van der Waals surface area contributed by atoms with E-state index in [1.807, 2.05) is 29.2 Å². The van der Waals surface area contributed by atoms with Crippen LogP contribution in [-0.4, -0.2) is 50.1 Å². The van der Waals surface area contributed by atoms with E-state index in [0.29, 0.717) is 25.9 Å². The van der Waals surface area contributed by atoms with E-state index in [9.17, 15) is 9.59 Å². The number of urea groups is 1. The predicted molar refractivity (Wildman–Crippen MR) is 88.5 cm³/mol. The van der Waals surface area contributed by atoms with Crippen LogP contribution in [0.1, 0.15) is 24.8 Å². The molecule has 1 saturated heterocycles. The Morgan fingerprint density at radius 3 is 2.57 bits per heavy atom. The van der Waals surface area contributed by atoms with Gasteiger partial charge in [0.25, 0.3) is 0 Å². The van der Waals surface area contributed by atoms with Crippen LogP contribution in [-0.2, 0) is 11.2 Å². The van der Waals surface area contributed by atoms with Gasteiger partial charge in [-0.3, -0.25) is 4.79 Å². The average Bonchev–Trinajstić information content (AvgIpc) is 3.10. The summed E-state index contributed by atoms with van der Waals surface area (Å²) < 4.78 is 5.27. The quantitative estimate of drug-likeness (QED) is 0.801. The van der Waals surface area contributed by atoms with E-state index < -0.39 is 0 Å². The van der Waals surface area contributed by atoms with Crippen molar-refractivity contribution < 1.29 is 14.3 Å². The van der Waals surface area contributed by atoms with Gasteiger partial charge in [0.05, 0.1) is 7.11 Å². The first-order chi connectivity index (χ1) is 11.2. The summed E-state index contributed by atoms with van der Waals surface area (Å²) in [5.74, 6) is 0.947. The molecule has 0 saturated carbocycles. The first-order valence-electron chi connectivity index (χ1n) is 8.12. The fourth-order valence-electron chi connectivity index (χ4n) is 2.69. The second kappa shape index (κ2) is 9.02. The molecule has 0 radical (unpaired) electrons. The molecule has 0 aromatic heterocycles. The van der Waals surface area contributed by atoms with Crippen molar-refractivity contribution in [2.75, 3.05) is 33.3 Å². The van der Waals surface area contributed by atoms with Crippen LogP contribution in [0.5, 0.6) is 5.75 Å². The summed E-state index contributed by atoms with van der Waals surface area (Å²) in [5.41, 5.74) is 1.06. The van der Waals surface area contributed by atoms with E-state index in [1.165, 1.54) is 0 Å². The number of hydrogen-bond donors (Lipinski definition) is 2. The van der Waals surface area contributed by atoms with Crippen LogP contribution in [0.15, 0.2) is 24.3 Å². The molecule has 0 atom stereocenters. The lowest BCUT2D eigenvalue weighted by molar-refractivity contribution is -0.129. The summed E-state index contributed by atoms with van der Waals surface area (Å²) in [5, 5.41) is 5.52. The van der Waals surface area contributed by atoms with Gasteiger partial charge in [-0.15, -0.1) is 0 Å². The first kappa shape index (κ1) is 17.1. The molecule has 6 heteroatoms. The highest BCUT2D eigenvalue weighted by Crippen LogP contribution is 2.17. The monoisotopic (exact) mass is 319 g/mol. The summed E-state index contributed by atoms with van der Waals surface area (Å²) in [6, 6.07) is 7.50. The standard InChI is InChI=1S/C17H25N3O3/c1-23-15-7-3-2-6-14(15)8-10-18-17(22)19-11-9-16(21)20-12-4-5-13-20/h2-3,6-7H,4-5,8-13H2,1H3,(H2,18,19,22). The Balaban J connectivity index is 1.60. The third kappa shape index (κ3) is 5.47. The van der Waals surface area contributed by atoms with Crippen molar-refractivity contribution in [1.29, 1.82) is 0 Å². The third-order valence-electron chi connectivity index (χ3n) is 3.96. The fraction of sp³-hybridized carbons (Fsp3) is 0.529. The van der Waals surface area contributed by atoms with Crippen molar-refractivity contribution in [3.05, 3.63) is 29.8 Å². The normalized spacial score (nSPS) is 13.7. The minimum atomic E-state index is -0.242. The summed E-state index contributed by atoms with van der Waals surface area (Å²) in [4.78, 5) is 25.4. The zero-order valence-corrected chi connectivity index (χ0v) is 13.6. The molecule has 6 nitrogen and oxygen atoms in total. The van der Waals surface area contributed by atoms with Gasteiger partial charge in [0, 0.05) is 32.6 Å². The van der Waals surface area contributed by atoms with Gasteiger partial charge in [0.15, 0.2) is 0 Å². The molecular formula is C17H25N3O3. The van der Waals surface area contributed by atoms with Crippen molar-refractivity contribution in [3.8, 4) is 5.75 Å². The number of methoxy groups -OCH3 is 1. The van der Waals surface area contributed by atoms with Crippen molar-refractivity contribution in [2.45, 2.75) is 25.7 Å². The Morgan fingerprint density at radius 2 is 1.83 bits per heavy atom. The Morgan fingerprint density at radius 1 is 1.13 bits per heavy atom. The van der Waals surface area contributed by atoms with Crippen LogP contribution in [0.4, 0.5) is 4.79 Å². The van der Waals surface area contributed by atoms with Crippen LogP contribution >= 0.6 is 0 Å². The number of likely N-dealkylation sites (tertiary alicyclic amines) is 1. The number of benzene rings is 1. The van der Waals surface area contributed by atoms with Crippen LogP contribution < -0.4 is 15.4 Å². The zero-order valence-electron chi connectivity index (χ0n) is 13.6. The molecule has 3 amide bonds. The number of ether oxygens (including phenoxy) is 1. The molecule has 1 fully saturated rings. The van der Waals surface area contributed by atoms with Gasteiger partial charge in [-0.25, -0.2) is 4.79 Å². The zero-order chi connectivity index (χ0) is 16.5. The van der Waals surface area contributed by atoms with E-state index in [-0.39, 0.29) is 11.9 Å². The van der Waals surface area contributed by atoms with Crippen molar-refractivity contribution >= 4 is 11.9 Å². The van der Waals surface area contributed by atoms with Crippen molar-refractivity contribution in [2.24, 2.45) is 0 Å². The van der Waals surface area contributed by atoms with E-state index in [1.54, 1.807) is 7.11 Å². The lowest BCUT2D eigenvalue weighted by atomic mass is 10.1. The Hall–Kier alpha value is -2.24. The van der Waals surface area contributed by atoms with Gasteiger partial charge < -0.3 is 20.3 Å². The van der Waals surface area contributed by atoms with Crippen LogP contribution in [0.3, 0.4) is 0 Å². The van der Waals surface area contributed by atoms with E-state index >= 15 is 0 Å². The van der Waals surface area contributed by atoms with E-state index in [4.69, 9.17) is 4.74 Å². The molecule has 0 aliphatic carbocycles. The number of hydrogen-bond acceptors (Lipinski definition) is 3. The SMILES string of the molecule is COc1ccccc1CCNC(=O)NCCC(=O)N1CCCC1. The van der Waals surface area contributed by atoms with Crippen molar-refractivity contribution in [3.63, 3.8) is 0 Å². The number of rotatable bonds is 7. The number of carbonyl (C=O) groups excluding carboxylic acids is 2. The Kier molecular flexibility index (Phi) is 6.72. The maximum atomic E-state index is 11.8. The van der Waals surface area contributed by atoms with Gasteiger partial charge >= 0.3 is 6.03 Å². The van der Waals surface area contributed by atoms with Gasteiger partial charge in [-0.1, -0.05) is 18.2 Å². The van der Waals surface area contributed by atoms with Gasteiger partial charge in [0.1, 0.15) is 5.75 Å². The lowest BCUT2D eigenvalue weighted by Gasteiger charge is -2.15. The van der Waals surface area contributed by atoms with Gasteiger partial charge in [0.2, 0.25) is 5.91 Å². The predicted octanol–water partition coefficient (Wildman–Crippen LogP) is 1.55. The Labute approximate surface area is 137 Å². The number of amides is 3. The molecule has 0 spiro atoms. The molecule has 2 N–H and O–H groups in total. The second-order valence-electron chi connectivity index (χ2n) is 5.58. The molecule has 126 valence electrons. The molecule has 1 aliphatic heterocycles. The largest absolute Gasteiger partial charge is 0.496 e. The molecule has 2 rings (SSSR count). The van der Waals surface area contributed by atoms with Crippen LogP contribution in [0.2, 0.25) is 0 Å². The fourth-order valence-corrected chi connectivity index (χ4v) is 2.69. The first-order valence-corrected chi connectivity index (χ1v) is 8.12.